The average Bonchev–Trinajstić information content (AvgIpc) is 2.56. The van der Waals surface area contributed by atoms with Gasteiger partial charge in [-0.05, 0) is 45.0 Å². The van der Waals surface area contributed by atoms with Crippen molar-refractivity contribution < 1.29 is 9.59 Å². The highest BCUT2D eigenvalue weighted by Crippen LogP contribution is 2.16. The maximum absolute atomic E-state index is 12.1. The Bertz CT molecular complexity index is 681. The largest absolute Gasteiger partial charge is 0.355 e. The molecule has 0 aliphatic carbocycles. The van der Waals surface area contributed by atoms with Crippen LogP contribution in [0.15, 0.2) is 36.4 Å². The van der Waals surface area contributed by atoms with Gasteiger partial charge in [0.1, 0.15) is 6.04 Å². The van der Waals surface area contributed by atoms with E-state index in [0.29, 0.717) is 12.1 Å². The molecule has 0 aliphatic rings. The van der Waals surface area contributed by atoms with Crippen LogP contribution in [0.25, 0.3) is 11.3 Å². The Morgan fingerprint density at radius 2 is 1.78 bits per heavy atom. The molecule has 0 aliphatic heterocycles. The van der Waals surface area contributed by atoms with Crippen molar-refractivity contribution in [2.24, 2.45) is 0 Å². The van der Waals surface area contributed by atoms with Gasteiger partial charge in [-0.25, -0.2) is 0 Å². The summed E-state index contributed by atoms with van der Waals surface area (Å²) in [4.78, 5) is 23.8. The first-order valence-corrected chi connectivity index (χ1v) is 7.50. The molecule has 1 unspecified atom stereocenters. The fraction of sp³-hybridized carbons (Fsp3) is 0.294. The first-order valence-electron chi connectivity index (χ1n) is 7.50. The molecule has 2 rings (SSSR count). The van der Waals surface area contributed by atoms with Crippen LogP contribution < -0.4 is 10.6 Å². The van der Waals surface area contributed by atoms with E-state index in [2.05, 4.69) is 20.8 Å². The number of nitrogens with zero attached hydrogens (tertiary/aromatic N) is 2. The fourth-order valence-electron chi connectivity index (χ4n) is 2.02. The van der Waals surface area contributed by atoms with E-state index in [1.54, 1.807) is 19.1 Å². The van der Waals surface area contributed by atoms with Gasteiger partial charge in [0.15, 0.2) is 0 Å². The van der Waals surface area contributed by atoms with Crippen LogP contribution in [0.1, 0.15) is 29.9 Å². The van der Waals surface area contributed by atoms with Crippen molar-refractivity contribution >= 4 is 11.8 Å². The molecular formula is C17H20N4O2. The van der Waals surface area contributed by atoms with Gasteiger partial charge in [-0.2, -0.15) is 10.2 Å². The monoisotopic (exact) mass is 312 g/mol. The van der Waals surface area contributed by atoms with Crippen LogP contribution in [0.2, 0.25) is 0 Å². The number of carbonyl (C=O) groups excluding carboxylic acids is 2. The van der Waals surface area contributed by atoms with Gasteiger partial charge in [-0.1, -0.05) is 12.1 Å². The van der Waals surface area contributed by atoms with Gasteiger partial charge in [0.05, 0.1) is 11.4 Å². The van der Waals surface area contributed by atoms with Crippen molar-refractivity contribution in [3.05, 3.63) is 47.7 Å². The van der Waals surface area contributed by atoms with E-state index in [0.717, 1.165) is 17.0 Å². The summed E-state index contributed by atoms with van der Waals surface area (Å²) >= 11 is 0. The molecule has 2 aromatic rings. The second kappa shape index (κ2) is 7.49. The quantitative estimate of drug-likeness (QED) is 0.880. The molecule has 0 bridgehead atoms. The van der Waals surface area contributed by atoms with Gasteiger partial charge in [0, 0.05) is 17.7 Å². The van der Waals surface area contributed by atoms with Crippen LogP contribution in [0.4, 0.5) is 0 Å². The van der Waals surface area contributed by atoms with Crippen LogP contribution >= 0.6 is 0 Å². The number of likely N-dealkylation sites (N-methyl/N-ethyl adjacent to an activating group) is 1. The maximum atomic E-state index is 12.1. The van der Waals surface area contributed by atoms with Crippen molar-refractivity contribution in [2.75, 3.05) is 6.54 Å². The molecule has 1 atom stereocenters. The summed E-state index contributed by atoms with van der Waals surface area (Å²) in [7, 11) is 0. The molecule has 0 radical (unpaired) electrons. The first-order chi connectivity index (χ1) is 11.0. The minimum atomic E-state index is -0.579. The Labute approximate surface area is 135 Å². The van der Waals surface area contributed by atoms with Crippen LogP contribution in [0, 0.1) is 6.92 Å². The molecule has 0 saturated heterocycles. The number of carbonyl (C=O) groups is 2. The molecule has 0 saturated carbocycles. The second-order valence-corrected chi connectivity index (χ2v) is 5.23. The fourth-order valence-corrected chi connectivity index (χ4v) is 2.02. The number of nitrogens with one attached hydrogen (secondary N) is 2. The lowest BCUT2D eigenvalue weighted by Crippen LogP contribution is -2.44. The summed E-state index contributed by atoms with van der Waals surface area (Å²) in [5.74, 6) is -0.488. The zero-order valence-electron chi connectivity index (χ0n) is 13.5. The molecule has 2 amide bonds. The number of aromatic nitrogens is 2. The average molecular weight is 312 g/mol. The van der Waals surface area contributed by atoms with Crippen molar-refractivity contribution in [3.63, 3.8) is 0 Å². The van der Waals surface area contributed by atoms with Gasteiger partial charge in [0.2, 0.25) is 5.91 Å². The molecular weight excluding hydrogens is 292 g/mol. The normalized spacial score (nSPS) is 11.6. The van der Waals surface area contributed by atoms with Gasteiger partial charge >= 0.3 is 0 Å². The summed E-state index contributed by atoms with van der Waals surface area (Å²) < 4.78 is 0. The van der Waals surface area contributed by atoms with E-state index in [1.165, 1.54) is 0 Å². The van der Waals surface area contributed by atoms with Crippen LogP contribution in [-0.2, 0) is 4.79 Å². The predicted molar refractivity (Wildman–Crippen MR) is 87.8 cm³/mol. The Hall–Kier alpha value is -2.76. The number of hydrogen-bond donors (Lipinski definition) is 2. The third kappa shape index (κ3) is 4.35. The molecule has 1 aromatic carbocycles. The van der Waals surface area contributed by atoms with Gasteiger partial charge < -0.3 is 10.6 Å². The molecule has 0 spiro atoms. The zero-order chi connectivity index (χ0) is 16.8. The second-order valence-electron chi connectivity index (χ2n) is 5.23. The SMILES string of the molecule is CCNC(=O)C(C)NC(=O)c1ccc(-c2ccc(C)nn2)cc1. The van der Waals surface area contributed by atoms with Gasteiger partial charge in [0.25, 0.3) is 5.91 Å². The highest BCUT2D eigenvalue weighted by Gasteiger charge is 2.15. The summed E-state index contributed by atoms with van der Waals surface area (Å²) in [6, 6.07) is 10.2. The highest BCUT2D eigenvalue weighted by molar-refractivity contribution is 5.97. The molecule has 23 heavy (non-hydrogen) atoms. The summed E-state index contributed by atoms with van der Waals surface area (Å²) in [5.41, 5.74) is 2.97. The molecule has 1 heterocycles. The minimum absolute atomic E-state index is 0.201. The van der Waals surface area contributed by atoms with Gasteiger partial charge in [-0.15, -0.1) is 0 Å². The number of benzene rings is 1. The van der Waals surface area contributed by atoms with E-state index in [-0.39, 0.29) is 11.8 Å². The zero-order valence-corrected chi connectivity index (χ0v) is 13.5. The van der Waals surface area contributed by atoms with Crippen molar-refractivity contribution in [2.45, 2.75) is 26.8 Å². The Morgan fingerprint density at radius 3 is 2.35 bits per heavy atom. The summed E-state index contributed by atoms with van der Waals surface area (Å²) in [6.45, 7) is 5.89. The van der Waals surface area contributed by atoms with Crippen LogP contribution in [0.5, 0.6) is 0 Å². The topological polar surface area (TPSA) is 84.0 Å². The van der Waals surface area contributed by atoms with Crippen LogP contribution in [0.3, 0.4) is 0 Å². The van der Waals surface area contributed by atoms with E-state index < -0.39 is 6.04 Å². The number of rotatable bonds is 5. The lowest BCUT2D eigenvalue weighted by atomic mass is 10.1. The molecule has 120 valence electrons. The van der Waals surface area contributed by atoms with E-state index in [4.69, 9.17) is 0 Å². The molecule has 6 nitrogen and oxygen atoms in total. The van der Waals surface area contributed by atoms with E-state index in [1.807, 2.05) is 38.1 Å². The van der Waals surface area contributed by atoms with E-state index in [9.17, 15) is 9.59 Å². The minimum Gasteiger partial charge on any atom is -0.355 e. The lowest BCUT2D eigenvalue weighted by molar-refractivity contribution is -0.122. The molecule has 1 aromatic heterocycles. The standard InChI is InChI=1S/C17H20N4O2/c1-4-18-16(22)12(3)19-17(23)14-8-6-13(7-9-14)15-10-5-11(2)20-21-15/h5-10,12H,4H2,1-3H3,(H,18,22)(H,19,23). The summed E-state index contributed by atoms with van der Waals surface area (Å²) in [5, 5.41) is 13.5. The van der Waals surface area contributed by atoms with Crippen LogP contribution in [-0.4, -0.2) is 34.6 Å². The lowest BCUT2D eigenvalue weighted by Gasteiger charge is -2.13. The molecule has 0 fully saturated rings. The third-order valence-corrected chi connectivity index (χ3v) is 3.33. The van der Waals surface area contributed by atoms with E-state index >= 15 is 0 Å². The molecule has 2 N–H and O–H groups in total. The first kappa shape index (κ1) is 16.6. The predicted octanol–water partition coefficient (Wildman–Crippen LogP) is 1.71. The Morgan fingerprint density at radius 1 is 1.09 bits per heavy atom. The highest BCUT2D eigenvalue weighted by atomic mass is 16.2. The molecule has 6 heteroatoms. The van der Waals surface area contributed by atoms with Crippen molar-refractivity contribution in [1.29, 1.82) is 0 Å². The number of hydrogen-bond acceptors (Lipinski definition) is 4. The summed E-state index contributed by atoms with van der Waals surface area (Å²) in [6.07, 6.45) is 0. The van der Waals surface area contributed by atoms with Gasteiger partial charge in [-0.3, -0.25) is 9.59 Å². The Kier molecular flexibility index (Phi) is 5.41. The number of aryl methyl sites for hydroxylation is 1. The van der Waals surface area contributed by atoms with Crippen molar-refractivity contribution in [3.8, 4) is 11.3 Å². The third-order valence-electron chi connectivity index (χ3n) is 3.33. The maximum Gasteiger partial charge on any atom is 0.251 e. The smallest absolute Gasteiger partial charge is 0.251 e. The number of amides is 2. The Balaban J connectivity index is 2.05. The van der Waals surface area contributed by atoms with Crippen molar-refractivity contribution in [1.82, 2.24) is 20.8 Å².